The van der Waals surface area contributed by atoms with E-state index >= 15 is 0 Å². The van der Waals surface area contributed by atoms with Gasteiger partial charge in [0.15, 0.2) is 0 Å². The highest BCUT2D eigenvalue weighted by Crippen LogP contribution is 2.39. The fourth-order valence-corrected chi connectivity index (χ4v) is 4.57. The monoisotopic (exact) mass is 362 g/mol. The summed E-state index contributed by atoms with van der Waals surface area (Å²) >= 11 is 0. The van der Waals surface area contributed by atoms with E-state index < -0.39 is 0 Å². The van der Waals surface area contributed by atoms with Gasteiger partial charge >= 0.3 is 0 Å². The minimum atomic E-state index is -0.0543. The number of rotatable bonds is 4. The number of carbonyl (C=O) groups excluding carboxylic acids is 1. The quantitative estimate of drug-likeness (QED) is 0.909. The molecule has 1 atom stereocenters. The Bertz CT molecular complexity index is 856. The van der Waals surface area contributed by atoms with Gasteiger partial charge in [0, 0.05) is 37.9 Å². The van der Waals surface area contributed by atoms with Crippen LogP contribution >= 0.6 is 0 Å². The van der Waals surface area contributed by atoms with Crippen molar-refractivity contribution in [3.8, 4) is 6.07 Å². The van der Waals surface area contributed by atoms with Gasteiger partial charge in [-0.2, -0.15) is 5.26 Å². The highest BCUT2D eigenvalue weighted by atomic mass is 16.2. The number of carbonyl (C=O) groups is 1. The number of aromatic nitrogens is 1. The molecule has 2 saturated heterocycles. The van der Waals surface area contributed by atoms with Crippen LogP contribution in [0.4, 0.5) is 0 Å². The maximum atomic E-state index is 12.6. The van der Waals surface area contributed by atoms with Crippen molar-refractivity contribution >= 4 is 5.91 Å². The van der Waals surface area contributed by atoms with E-state index in [2.05, 4.69) is 41.5 Å². The summed E-state index contributed by atoms with van der Waals surface area (Å²) in [5.41, 5.74) is 3.00. The summed E-state index contributed by atoms with van der Waals surface area (Å²) in [4.78, 5) is 15.0. The van der Waals surface area contributed by atoms with Gasteiger partial charge in [-0.3, -0.25) is 9.69 Å². The lowest BCUT2D eigenvalue weighted by molar-refractivity contribution is -0.121. The minimum Gasteiger partial charge on any atom is -0.350 e. The van der Waals surface area contributed by atoms with Crippen molar-refractivity contribution in [3.63, 3.8) is 0 Å². The molecule has 0 aliphatic carbocycles. The van der Waals surface area contributed by atoms with Crippen LogP contribution in [0, 0.1) is 11.3 Å². The van der Waals surface area contributed by atoms with Gasteiger partial charge in [-0.05, 0) is 43.4 Å². The van der Waals surface area contributed by atoms with E-state index in [1.165, 1.54) is 5.56 Å². The van der Waals surface area contributed by atoms with Crippen LogP contribution in [0.25, 0.3) is 0 Å². The molecular formula is C22H26N4O. The smallest absolute Gasteiger partial charge is 0.228 e. The summed E-state index contributed by atoms with van der Waals surface area (Å²) in [5, 5.41) is 12.5. The Morgan fingerprint density at radius 2 is 2.00 bits per heavy atom. The number of nitriles is 1. The molecule has 140 valence electrons. The van der Waals surface area contributed by atoms with Crippen LogP contribution < -0.4 is 5.32 Å². The standard InChI is InChI=1S/C22H26N4O/c1-2-26-16-17(12-19(26)14-23)15-25-10-8-22(9-11-25)13-20(21(27)24-22)18-6-4-3-5-7-18/h3-7,12,16,20H,2,8-11,13,15H2,1H3,(H,24,27). The van der Waals surface area contributed by atoms with Gasteiger partial charge in [0.2, 0.25) is 5.91 Å². The molecule has 2 aliphatic rings. The molecule has 1 unspecified atom stereocenters. The molecule has 27 heavy (non-hydrogen) atoms. The van der Waals surface area contributed by atoms with Crippen molar-refractivity contribution in [1.29, 1.82) is 5.26 Å². The number of benzene rings is 1. The van der Waals surface area contributed by atoms with E-state index in [4.69, 9.17) is 0 Å². The van der Waals surface area contributed by atoms with Gasteiger partial charge in [0.25, 0.3) is 0 Å². The number of piperidine rings is 1. The summed E-state index contributed by atoms with van der Waals surface area (Å²) in [6.07, 6.45) is 4.96. The third-order valence-corrected chi connectivity index (χ3v) is 6.13. The van der Waals surface area contributed by atoms with E-state index in [0.29, 0.717) is 0 Å². The first-order valence-electron chi connectivity index (χ1n) is 9.81. The normalized spacial score (nSPS) is 21.9. The molecule has 5 nitrogen and oxygen atoms in total. The topological polar surface area (TPSA) is 61.1 Å². The molecule has 2 aromatic rings. The molecule has 1 aromatic carbocycles. The van der Waals surface area contributed by atoms with Gasteiger partial charge in [0.05, 0.1) is 5.92 Å². The van der Waals surface area contributed by atoms with Crippen molar-refractivity contribution in [2.75, 3.05) is 13.1 Å². The number of hydrogen-bond acceptors (Lipinski definition) is 3. The summed E-state index contributed by atoms with van der Waals surface area (Å²) in [7, 11) is 0. The van der Waals surface area contributed by atoms with Crippen LogP contribution in [0.1, 0.15) is 48.9 Å². The lowest BCUT2D eigenvalue weighted by Gasteiger charge is -2.39. The van der Waals surface area contributed by atoms with Crippen molar-refractivity contribution in [3.05, 3.63) is 59.4 Å². The Morgan fingerprint density at radius 3 is 2.63 bits per heavy atom. The summed E-state index contributed by atoms with van der Waals surface area (Å²) in [6, 6.07) is 14.4. The molecule has 0 bridgehead atoms. The molecule has 0 radical (unpaired) electrons. The van der Waals surface area contributed by atoms with Crippen molar-refractivity contribution in [2.45, 2.75) is 50.7 Å². The zero-order valence-electron chi connectivity index (χ0n) is 15.8. The predicted octanol–water partition coefficient (Wildman–Crippen LogP) is 3.02. The highest BCUT2D eigenvalue weighted by molar-refractivity contribution is 5.87. The summed E-state index contributed by atoms with van der Waals surface area (Å²) in [6.45, 7) is 5.69. The van der Waals surface area contributed by atoms with Gasteiger partial charge in [0.1, 0.15) is 11.8 Å². The van der Waals surface area contributed by atoms with Gasteiger partial charge in [-0.25, -0.2) is 0 Å². The Hall–Kier alpha value is -2.58. The molecule has 1 amide bonds. The second-order valence-electron chi connectivity index (χ2n) is 7.84. The van der Waals surface area contributed by atoms with E-state index in [1.807, 2.05) is 28.8 Å². The van der Waals surface area contributed by atoms with Gasteiger partial charge in [-0.15, -0.1) is 0 Å². The van der Waals surface area contributed by atoms with Crippen LogP contribution in [0.3, 0.4) is 0 Å². The average Bonchev–Trinajstić information content (AvgIpc) is 3.25. The van der Waals surface area contributed by atoms with Crippen LogP contribution in [-0.2, 0) is 17.9 Å². The number of nitrogens with zero attached hydrogens (tertiary/aromatic N) is 3. The maximum Gasteiger partial charge on any atom is 0.228 e. The fraction of sp³-hybridized carbons (Fsp3) is 0.455. The molecule has 3 heterocycles. The molecular weight excluding hydrogens is 336 g/mol. The highest BCUT2D eigenvalue weighted by Gasteiger charge is 2.46. The second-order valence-corrected chi connectivity index (χ2v) is 7.84. The largest absolute Gasteiger partial charge is 0.350 e. The first-order valence-corrected chi connectivity index (χ1v) is 9.81. The van der Waals surface area contributed by atoms with Crippen LogP contribution in [0.2, 0.25) is 0 Å². The summed E-state index contributed by atoms with van der Waals surface area (Å²) in [5.74, 6) is 0.155. The molecule has 1 aromatic heterocycles. The average molecular weight is 362 g/mol. The molecule has 1 spiro atoms. The zero-order valence-corrected chi connectivity index (χ0v) is 15.8. The molecule has 2 fully saturated rings. The molecule has 4 rings (SSSR count). The number of hydrogen-bond donors (Lipinski definition) is 1. The molecule has 2 aliphatic heterocycles. The van der Waals surface area contributed by atoms with E-state index in [-0.39, 0.29) is 17.4 Å². The third kappa shape index (κ3) is 3.50. The Labute approximate surface area is 160 Å². The fourth-order valence-electron chi connectivity index (χ4n) is 4.57. The van der Waals surface area contributed by atoms with Crippen molar-refractivity contribution in [1.82, 2.24) is 14.8 Å². The number of aryl methyl sites for hydroxylation is 1. The zero-order chi connectivity index (χ0) is 18.9. The Kier molecular flexibility index (Phi) is 4.75. The van der Waals surface area contributed by atoms with Crippen LogP contribution in [0.15, 0.2) is 42.6 Å². The Balaban J connectivity index is 1.38. The van der Waals surface area contributed by atoms with E-state index in [0.717, 1.165) is 56.7 Å². The van der Waals surface area contributed by atoms with Gasteiger partial charge < -0.3 is 9.88 Å². The molecule has 0 saturated carbocycles. The van der Waals surface area contributed by atoms with E-state index in [1.54, 1.807) is 0 Å². The maximum absolute atomic E-state index is 12.6. The van der Waals surface area contributed by atoms with E-state index in [9.17, 15) is 10.1 Å². The minimum absolute atomic E-state index is 0.0190. The van der Waals surface area contributed by atoms with Crippen LogP contribution in [-0.4, -0.2) is 34.0 Å². The van der Waals surface area contributed by atoms with Crippen LogP contribution in [0.5, 0.6) is 0 Å². The first-order chi connectivity index (χ1) is 13.1. The number of nitrogens with one attached hydrogen (secondary N) is 1. The number of likely N-dealkylation sites (tertiary alicyclic amines) is 1. The Morgan fingerprint density at radius 1 is 1.26 bits per heavy atom. The number of amides is 1. The summed E-state index contributed by atoms with van der Waals surface area (Å²) < 4.78 is 2.00. The lowest BCUT2D eigenvalue weighted by Crippen LogP contribution is -2.50. The van der Waals surface area contributed by atoms with Crippen molar-refractivity contribution in [2.24, 2.45) is 0 Å². The molecule has 5 heteroatoms. The first kappa shape index (κ1) is 17.8. The second kappa shape index (κ2) is 7.21. The van der Waals surface area contributed by atoms with Crippen molar-refractivity contribution < 1.29 is 4.79 Å². The molecule has 1 N–H and O–H groups in total. The lowest BCUT2D eigenvalue weighted by atomic mass is 9.82. The SMILES string of the molecule is CCn1cc(CN2CCC3(CC2)CC(c2ccccc2)C(=O)N3)cc1C#N. The van der Waals surface area contributed by atoms with Gasteiger partial charge in [-0.1, -0.05) is 30.3 Å². The predicted molar refractivity (Wildman–Crippen MR) is 104 cm³/mol. The third-order valence-electron chi connectivity index (χ3n) is 6.13.